The van der Waals surface area contributed by atoms with Crippen molar-refractivity contribution >= 4 is 18.0 Å². The van der Waals surface area contributed by atoms with Crippen molar-refractivity contribution in [1.29, 1.82) is 0 Å². The van der Waals surface area contributed by atoms with Crippen LogP contribution in [-0.2, 0) is 9.53 Å². The van der Waals surface area contributed by atoms with Gasteiger partial charge in [0.05, 0.1) is 6.61 Å². The van der Waals surface area contributed by atoms with E-state index in [2.05, 4.69) is 4.98 Å². The minimum absolute atomic E-state index is 0.0982. The number of rotatable bonds is 4. The summed E-state index contributed by atoms with van der Waals surface area (Å²) in [6.07, 6.45) is 2.76. The van der Waals surface area contributed by atoms with E-state index in [-0.39, 0.29) is 5.69 Å². The third-order valence-corrected chi connectivity index (χ3v) is 1.96. The second-order valence-electron chi connectivity index (χ2n) is 3.17. The van der Waals surface area contributed by atoms with Crippen LogP contribution in [-0.4, -0.2) is 28.6 Å². The van der Waals surface area contributed by atoms with Crippen LogP contribution in [0.2, 0.25) is 0 Å². The first-order chi connectivity index (χ1) is 7.54. The Morgan fingerprint density at radius 3 is 2.75 bits per heavy atom. The SMILES string of the molecule is CCOC(=O)C=Cc1[nH]c(C(=O)O)cc1C. The van der Waals surface area contributed by atoms with Gasteiger partial charge in [-0.05, 0) is 31.6 Å². The number of aromatic carboxylic acids is 1. The van der Waals surface area contributed by atoms with Crippen molar-refractivity contribution in [2.75, 3.05) is 6.61 Å². The molecule has 0 fully saturated rings. The summed E-state index contributed by atoms with van der Waals surface area (Å²) in [5.41, 5.74) is 1.45. The molecule has 0 saturated carbocycles. The zero-order valence-electron chi connectivity index (χ0n) is 9.11. The Morgan fingerprint density at radius 2 is 2.25 bits per heavy atom. The van der Waals surface area contributed by atoms with Gasteiger partial charge >= 0.3 is 11.9 Å². The van der Waals surface area contributed by atoms with E-state index in [1.165, 1.54) is 18.2 Å². The van der Waals surface area contributed by atoms with E-state index in [9.17, 15) is 9.59 Å². The molecule has 0 amide bonds. The molecule has 0 aliphatic heterocycles. The molecule has 2 N–H and O–H groups in total. The summed E-state index contributed by atoms with van der Waals surface area (Å²) >= 11 is 0. The number of aromatic amines is 1. The lowest BCUT2D eigenvalue weighted by molar-refractivity contribution is -0.137. The summed E-state index contributed by atoms with van der Waals surface area (Å²) in [7, 11) is 0. The van der Waals surface area contributed by atoms with E-state index >= 15 is 0 Å². The number of nitrogens with one attached hydrogen (secondary N) is 1. The highest BCUT2D eigenvalue weighted by Crippen LogP contribution is 2.11. The van der Waals surface area contributed by atoms with E-state index < -0.39 is 11.9 Å². The van der Waals surface area contributed by atoms with E-state index in [4.69, 9.17) is 9.84 Å². The quantitative estimate of drug-likeness (QED) is 0.600. The number of ether oxygens (including phenoxy) is 1. The second-order valence-corrected chi connectivity index (χ2v) is 3.17. The topological polar surface area (TPSA) is 79.4 Å². The summed E-state index contributed by atoms with van der Waals surface area (Å²) in [6.45, 7) is 3.79. The summed E-state index contributed by atoms with van der Waals surface area (Å²) in [5.74, 6) is -1.48. The molecule has 0 aliphatic carbocycles. The zero-order chi connectivity index (χ0) is 12.1. The summed E-state index contributed by atoms with van der Waals surface area (Å²) in [5, 5.41) is 8.74. The number of carboxylic acids is 1. The molecular formula is C11H13NO4. The molecular weight excluding hydrogens is 210 g/mol. The average molecular weight is 223 g/mol. The van der Waals surface area contributed by atoms with Gasteiger partial charge in [0.1, 0.15) is 5.69 Å². The highest BCUT2D eigenvalue weighted by molar-refractivity contribution is 5.89. The van der Waals surface area contributed by atoms with Gasteiger partial charge in [0.25, 0.3) is 0 Å². The normalized spacial score (nSPS) is 10.6. The number of H-pyrrole nitrogens is 1. The van der Waals surface area contributed by atoms with Gasteiger partial charge in [0, 0.05) is 11.8 Å². The Balaban J connectivity index is 2.81. The van der Waals surface area contributed by atoms with Crippen LogP contribution < -0.4 is 0 Å². The molecule has 1 heterocycles. The highest BCUT2D eigenvalue weighted by atomic mass is 16.5. The summed E-state index contributed by atoms with van der Waals surface area (Å²) in [6, 6.07) is 1.51. The first kappa shape index (κ1) is 12.0. The van der Waals surface area contributed by atoms with Gasteiger partial charge in [-0.2, -0.15) is 0 Å². The predicted molar refractivity (Wildman–Crippen MR) is 58.2 cm³/mol. The molecule has 0 radical (unpaired) electrons. The van der Waals surface area contributed by atoms with E-state index in [1.54, 1.807) is 13.8 Å². The average Bonchev–Trinajstić information content (AvgIpc) is 2.58. The van der Waals surface area contributed by atoms with Crippen LogP contribution in [0.25, 0.3) is 6.08 Å². The Labute approximate surface area is 92.7 Å². The minimum atomic E-state index is -1.03. The lowest BCUT2D eigenvalue weighted by atomic mass is 10.2. The number of aryl methyl sites for hydroxylation is 1. The molecule has 0 aromatic carbocycles. The third-order valence-electron chi connectivity index (χ3n) is 1.96. The van der Waals surface area contributed by atoms with Crippen molar-refractivity contribution in [1.82, 2.24) is 4.98 Å². The van der Waals surface area contributed by atoms with E-state index in [0.717, 1.165) is 5.56 Å². The van der Waals surface area contributed by atoms with Crippen LogP contribution in [0.4, 0.5) is 0 Å². The van der Waals surface area contributed by atoms with Gasteiger partial charge in [-0.1, -0.05) is 0 Å². The maximum atomic E-state index is 11.0. The summed E-state index contributed by atoms with van der Waals surface area (Å²) < 4.78 is 4.70. The molecule has 0 bridgehead atoms. The molecule has 0 unspecified atom stereocenters. The number of hydrogen-bond acceptors (Lipinski definition) is 3. The number of aromatic nitrogens is 1. The van der Waals surface area contributed by atoms with Crippen LogP contribution in [0.3, 0.4) is 0 Å². The number of carbonyl (C=O) groups excluding carboxylic acids is 1. The van der Waals surface area contributed by atoms with Crippen LogP contribution >= 0.6 is 0 Å². The zero-order valence-corrected chi connectivity index (χ0v) is 9.11. The third kappa shape index (κ3) is 2.98. The Hall–Kier alpha value is -2.04. The monoisotopic (exact) mass is 223 g/mol. The molecule has 0 saturated heterocycles. The molecule has 0 atom stereocenters. The summed E-state index contributed by atoms with van der Waals surface area (Å²) in [4.78, 5) is 24.4. The molecule has 1 aromatic rings. The van der Waals surface area contributed by atoms with E-state index in [0.29, 0.717) is 12.3 Å². The Kier molecular flexibility index (Phi) is 3.88. The predicted octanol–water partition coefficient (Wildman–Crippen LogP) is 1.60. The van der Waals surface area contributed by atoms with Gasteiger partial charge in [0.2, 0.25) is 0 Å². The molecule has 0 aliphatic rings. The van der Waals surface area contributed by atoms with E-state index in [1.807, 2.05) is 0 Å². The number of esters is 1. The lowest BCUT2D eigenvalue weighted by Gasteiger charge is -1.94. The largest absolute Gasteiger partial charge is 0.477 e. The molecule has 1 rings (SSSR count). The molecule has 5 nitrogen and oxygen atoms in total. The van der Waals surface area contributed by atoms with Crippen molar-refractivity contribution in [2.24, 2.45) is 0 Å². The highest BCUT2D eigenvalue weighted by Gasteiger charge is 2.08. The maximum absolute atomic E-state index is 11.0. The van der Waals surface area contributed by atoms with Gasteiger partial charge in [-0.15, -0.1) is 0 Å². The number of hydrogen-bond donors (Lipinski definition) is 2. The first-order valence-electron chi connectivity index (χ1n) is 4.82. The van der Waals surface area contributed by atoms with Gasteiger partial charge in [-0.25, -0.2) is 9.59 Å². The lowest BCUT2D eigenvalue weighted by Crippen LogP contribution is -1.99. The molecule has 0 spiro atoms. The van der Waals surface area contributed by atoms with Crippen molar-refractivity contribution in [2.45, 2.75) is 13.8 Å². The first-order valence-corrected chi connectivity index (χ1v) is 4.82. The Morgan fingerprint density at radius 1 is 1.56 bits per heavy atom. The van der Waals surface area contributed by atoms with Crippen LogP contribution in [0.15, 0.2) is 12.1 Å². The number of carboxylic acid groups (broad SMARTS) is 1. The van der Waals surface area contributed by atoms with Crippen molar-refractivity contribution in [3.05, 3.63) is 29.1 Å². The van der Waals surface area contributed by atoms with Gasteiger partial charge in [0.15, 0.2) is 0 Å². The molecule has 1 aromatic heterocycles. The standard InChI is InChI=1S/C11H13NO4/c1-3-16-10(13)5-4-8-7(2)6-9(12-8)11(14)15/h4-6,12H,3H2,1-2H3,(H,14,15). The fourth-order valence-electron chi connectivity index (χ4n) is 1.20. The van der Waals surface area contributed by atoms with Gasteiger partial charge in [-0.3, -0.25) is 0 Å². The molecule has 86 valence electrons. The molecule has 16 heavy (non-hydrogen) atoms. The minimum Gasteiger partial charge on any atom is -0.477 e. The van der Waals surface area contributed by atoms with Crippen LogP contribution in [0.1, 0.15) is 28.7 Å². The fraction of sp³-hybridized carbons (Fsp3) is 0.273. The Bertz CT molecular complexity index is 431. The second kappa shape index (κ2) is 5.16. The van der Waals surface area contributed by atoms with Crippen molar-refractivity contribution in [3.8, 4) is 0 Å². The van der Waals surface area contributed by atoms with Crippen molar-refractivity contribution < 1.29 is 19.4 Å². The van der Waals surface area contributed by atoms with Crippen LogP contribution in [0, 0.1) is 6.92 Å². The maximum Gasteiger partial charge on any atom is 0.352 e. The van der Waals surface area contributed by atoms with Crippen molar-refractivity contribution in [3.63, 3.8) is 0 Å². The number of carbonyl (C=O) groups is 2. The molecule has 5 heteroatoms. The van der Waals surface area contributed by atoms with Gasteiger partial charge < -0.3 is 14.8 Å². The van der Waals surface area contributed by atoms with Crippen LogP contribution in [0.5, 0.6) is 0 Å². The smallest absolute Gasteiger partial charge is 0.352 e. The fourth-order valence-corrected chi connectivity index (χ4v) is 1.20.